The number of hydrogen-bond acceptors (Lipinski definition) is 4. The first-order valence-electron chi connectivity index (χ1n) is 14.4. The van der Waals surface area contributed by atoms with E-state index in [-0.39, 0.29) is 24.1 Å². The Labute approximate surface area is 222 Å². The number of carboxylic acid groups (broad SMARTS) is 1. The summed E-state index contributed by atoms with van der Waals surface area (Å²) in [5, 5.41) is 11.6. The van der Waals surface area contributed by atoms with Crippen molar-refractivity contribution in [3.8, 4) is 0 Å². The lowest BCUT2D eigenvalue weighted by Gasteiger charge is -2.13. The van der Waals surface area contributed by atoms with Crippen LogP contribution in [0, 0.1) is 0 Å². The number of fused-ring (bicyclic) bond motifs is 1. The maximum atomic E-state index is 12.3. The molecule has 0 unspecified atom stereocenters. The molecular weight excluding hydrogens is 468 g/mol. The number of amides is 3. The molecule has 0 bridgehead atoms. The van der Waals surface area contributed by atoms with Crippen molar-refractivity contribution < 1.29 is 24.3 Å². The molecule has 0 fully saturated rings. The maximum Gasteiger partial charge on any atom is 0.303 e. The molecule has 0 saturated heterocycles. The minimum absolute atomic E-state index is 0.159. The van der Waals surface area contributed by atoms with Gasteiger partial charge >= 0.3 is 5.97 Å². The lowest BCUT2D eigenvalue weighted by Crippen LogP contribution is -2.30. The molecule has 7 nitrogen and oxygen atoms in total. The van der Waals surface area contributed by atoms with Crippen LogP contribution < -0.4 is 5.32 Å². The molecule has 7 heteroatoms. The number of nitrogens with zero attached hydrogens (tertiary/aromatic N) is 1. The quantitative estimate of drug-likeness (QED) is 0.136. The van der Waals surface area contributed by atoms with Gasteiger partial charge in [0.1, 0.15) is 0 Å². The monoisotopic (exact) mass is 514 g/mol. The number of imide groups is 1. The van der Waals surface area contributed by atoms with Crippen molar-refractivity contribution in [2.24, 2.45) is 0 Å². The van der Waals surface area contributed by atoms with Crippen molar-refractivity contribution in [2.45, 2.75) is 116 Å². The smallest absolute Gasteiger partial charge is 0.303 e. The van der Waals surface area contributed by atoms with Gasteiger partial charge in [0.05, 0.1) is 11.1 Å². The second-order valence-electron chi connectivity index (χ2n) is 10.2. The number of carbonyl (C=O) groups is 4. The minimum Gasteiger partial charge on any atom is -0.481 e. The van der Waals surface area contributed by atoms with Crippen LogP contribution in [0.3, 0.4) is 0 Å². The predicted octanol–water partition coefficient (Wildman–Crippen LogP) is 6.51. The number of unbranched alkanes of at least 4 members (excludes halogenated alkanes) is 14. The van der Waals surface area contributed by atoms with Crippen molar-refractivity contribution in [1.82, 2.24) is 10.2 Å². The molecule has 1 aliphatic heterocycles. The van der Waals surface area contributed by atoms with Crippen LogP contribution in [0.25, 0.3) is 0 Å². The summed E-state index contributed by atoms with van der Waals surface area (Å²) in [5.74, 6) is -0.872. The second kappa shape index (κ2) is 18.5. The number of aliphatic carboxylic acids is 1. The van der Waals surface area contributed by atoms with Gasteiger partial charge in [-0.3, -0.25) is 24.1 Å². The van der Waals surface area contributed by atoms with Gasteiger partial charge in [0.2, 0.25) is 5.91 Å². The topological polar surface area (TPSA) is 104 Å². The number of nitrogens with one attached hydrogen (secondary N) is 1. The highest BCUT2D eigenvalue weighted by atomic mass is 16.4. The number of hydrogen-bond donors (Lipinski definition) is 2. The molecule has 0 radical (unpaired) electrons. The number of carboxylic acids is 1. The minimum atomic E-state index is -0.703. The largest absolute Gasteiger partial charge is 0.481 e. The molecular formula is C30H46N2O5. The van der Waals surface area contributed by atoms with Crippen LogP contribution in [0.2, 0.25) is 0 Å². The van der Waals surface area contributed by atoms with Crippen molar-refractivity contribution in [1.29, 1.82) is 0 Å². The molecule has 0 saturated carbocycles. The summed E-state index contributed by atoms with van der Waals surface area (Å²) in [6, 6.07) is 7.03. The summed E-state index contributed by atoms with van der Waals surface area (Å²) in [6.45, 7) is 1.26. The van der Waals surface area contributed by atoms with Crippen LogP contribution in [-0.4, -0.2) is 46.8 Å². The third kappa shape index (κ3) is 12.4. The Kier molecular flexibility index (Phi) is 15.3. The van der Waals surface area contributed by atoms with Crippen molar-refractivity contribution in [3.05, 3.63) is 35.4 Å². The molecule has 1 aromatic carbocycles. The average Bonchev–Trinajstić information content (AvgIpc) is 3.13. The molecule has 2 N–H and O–H groups in total. The van der Waals surface area contributed by atoms with E-state index in [4.69, 9.17) is 5.11 Å². The predicted molar refractivity (Wildman–Crippen MR) is 146 cm³/mol. The highest BCUT2D eigenvalue weighted by molar-refractivity contribution is 6.21. The Hall–Kier alpha value is -2.70. The summed E-state index contributed by atoms with van der Waals surface area (Å²) in [4.78, 5) is 48.5. The molecule has 1 heterocycles. The van der Waals surface area contributed by atoms with E-state index in [1.165, 1.54) is 24.2 Å². The molecule has 1 aromatic rings. The number of benzene rings is 1. The third-order valence-electron chi connectivity index (χ3n) is 7.05. The zero-order chi connectivity index (χ0) is 26.7. The van der Waals surface area contributed by atoms with E-state index < -0.39 is 5.97 Å². The summed E-state index contributed by atoms with van der Waals surface area (Å²) in [6.07, 6.45) is 17.9. The van der Waals surface area contributed by atoms with Crippen LogP contribution >= 0.6 is 0 Å². The van der Waals surface area contributed by atoms with Crippen LogP contribution in [0.15, 0.2) is 24.3 Å². The van der Waals surface area contributed by atoms with Gasteiger partial charge in [-0.15, -0.1) is 0 Å². The number of rotatable bonds is 22. The van der Waals surface area contributed by atoms with Crippen LogP contribution in [0.4, 0.5) is 0 Å². The van der Waals surface area contributed by atoms with Gasteiger partial charge in [-0.05, 0) is 37.8 Å². The van der Waals surface area contributed by atoms with Crippen LogP contribution in [-0.2, 0) is 9.59 Å². The zero-order valence-electron chi connectivity index (χ0n) is 22.5. The van der Waals surface area contributed by atoms with Crippen molar-refractivity contribution in [2.75, 3.05) is 13.1 Å². The van der Waals surface area contributed by atoms with Gasteiger partial charge in [0.25, 0.3) is 11.8 Å². The molecule has 0 atom stereocenters. The van der Waals surface area contributed by atoms with Gasteiger partial charge in [0.15, 0.2) is 0 Å². The Bertz CT molecular complexity index is 819. The van der Waals surface area contributed by atoms with E-state index >= 15 is 0 Å². The van der Waals surface area contributed by atoms with Crippen molar-refractivity contribution >= 4 is 23.7 Å². The van der Waals surface area contributed by atoms with Crippen LogP contribution in [0.1, 0.15) is 136 Å². The molecule has 37 heavy (non-hydrogen) atoms. The first-order valence-corrected chi connectivity index (χ1v) is 14.4. The Morgan fingerprint density at radius 3 is 1.57 bits per heavy atom. The van der Waals surface area contributed by atoms with E-state index in [1.54, 1.807) is 24.3 Å². The van der Waals surface area contributed by atoms with E-state index in [1.807, 2.05) is 0 Å². The van der Waals surface area contributed by atoms with Crippen LogP contribution in [0.5, 0.6) is 0 Å². The summed E-state index contributed by atoms with van der Waals surface area (Å²) in [7, 11) is 0. The first kappa shape index (κ1) is 30.5. The fraction of sp³-hybridized carbons (Fsp3) is 0.667. The van der Waals surface area contributed by atoms with E-state index in [2.05, 4.69) is 5.32 Å². The molecule has 2 rings (SSSR count). The average molecular weight is 515 g/mol. The summed E-state index contributed by atoms with van der Waals surface area (Å²) < 4.78 is 0. The summed E-state index contributed by atoms with van der Waals surface area (Å²) in [5.41, 5.74) is 1.05. The third-order valence-corrected chi connectivity index (χ3v) is 7.05. The Morgan fingerprint density at radius 2 is 1.05 bits per heavy atom. The highest BCUT2D eigenvalue weighted by Crippen LogP contribution is 2.23. The molecule has 0 aromatic heterocycles. The normalized spacial score (nSPS) is 12.7. The standard InChI is InChI=1S/C30H46N2O5/c33-27(31-23-17-11-7-3-1-6-10-14-22-28(34)35)21-13-9-5-2-4-8-12-18-24-32-29(36)25-19-15-16-20-26(25)30(32)37/h15-16,19-20H,1-14,17-18,21-24H2,(H,31,33)(H,34,35). The Morgan fingerprint density at radius 1 is 0.622 bits per heavy atom. The maximum absolute atomic E-state index is 12.3. The van der Waals surface area contributed by atoms with Gasteiger partial charge in [-0.2, -0.15) is 0 Å². The first-order chi connectivity index (χ1) is 18.0. The molecule has 206 valence electrons. The molecule has 1 aliphatic rings. The molecule has 0 spiro atoms. The van der Waals surface area contributed by atoms with Crippen molar-refractivity contribution in [3.63, 3.8) is 0 Å². The van der Waals surface area contributed by atoms with E-state index in [9.17, 15) is 19.2 Å². The fourth-order valence-electron chi connectivity index (χ4n) is 4.84. The van der Waals surface area contributed by atoms with Gasteiger partial charge in [-0.25, -0.2) is 0 Å². The number of carbonyl (C=O) groups excluding carboxylic acids is 3. The lowest BCUT2D eigenvalue weighted by molar-refractivity contribution is -0.137. The molecule has 3 amide bonds. The highest BCUT2D eigenvalue weighted by Gasteiger charge is 2.34. The van der Waals surface area contributed by atoms with E-state index in [0.29, 0.717) is 24.1 Å². The van der Waals surface area contributed by atoms with Gasteiger partial charge in [0, 0.05) is 25.9 Å². The molecule has 0 aliphatic carbocycles. The summed E-state index contributed by atoms with van der Waals surface area (Å²) >= 11 is 0. The Balaban J connectivity index is 1.31. The second-order valence-corrected chi connectivity index (χ2v) is 10.2. The lowest BCUT2D eigenvalue weighted by atomic mass is 10.1. The van der Waals surface area contributed by atoms with Gasteiger partial charge in [-0.1, -0.05) is 89.2 Å². The van der Waals surface area contributed by atoms with Gasteiger partial charge < -0.3 is 10.4 Å². The SMILES string of the molecule is O=C(O)CCCCCCCCCCNC(=O)CCCCCCCCCCN1C(=O)c2ccccc2C1=O. The fourth-order valence-corrected chi connectivity index (χ4v) is 4.84. The zero-order valence-corrected chi connectivity index (χ0v) is 22.5. The van der Waals surface area contributed by atoms with E-state index in [0.717, 1.165) is 90.0 Å².